The zero-order valence-corrected chi connectivity index (χ0v) is 11.5. The molecule has 0 fully saturated rings. The number of nitrogens with two attached hydrogens (primary N) is 1. The van der Waals surface area contributed by atoms with Crippen LogP contribution >= 0.6 is 0 Å². The lowest BCUT2D eigenvalue weighted by Gasteiger charge is -2.06. The molecule has 0 aromatic carbocycles. The third kappa shape index (κ3) is 5.92. The van der Waals surface area contributed by atoms with Gasteiger partial charge in [-0.25, -0.2) is 23.1 Å². The van der Waals surface area contributed by atoms with Crippen LogP contribution in [0.25, 0.3) is 0 Å². The Morgan fingerprint density at radius 2 is 1.95 bits per heavy atom. The fraction of sp³-hybridized carbons (Fsp3) is 0.600. The van der Waals surface area contributed by atoms with E-state index in [1.54, 1.807) is 7.11 Å². The molecule has 1 aromatic heterocycles. The standard InChI is InChI=1S/C10H18N4O4S/c1-17-5-6-18-4-2-3-14-19(15,16)9-7-12-10(11)13-8-9/h7-8,14H,2-6H2,1H3,(H2,11,12,13). The molecule has 9 heteroatoms. The maximum absolute atomic E-state index is 11.8. The third-order valence-corrected chi connectivity index (χ3v) is 3.56. The molecule has 108 valence electrons. The summed E-state index contributed by atoms with van der Waals surface area (Å²) >= 11 is 0. The Morgan fingerprint density at radius 1 is 1.26 bits per heavy atom. The Bertz CT molecular complexity index is 463. The minimum absolute atomic E-state index is 0.0120. The van der Waals surface area contributed by atoms with E-state index in [1.807, 2.05) is 0 Å². The van der Waals surface area contributed by atoms with Crippen LogP contribution in [0.1, 0.15) is 6.42 Å². The predicted octanol–water partition coefficient (Wildman–Crippen LogP) is -0.610. The minimum atomic E-state index is -3.59. The Kier molecular flexibility index (Phi) is 6.64. The van der Waals surface area contributed by atoms with Crippen molar-refractivity contribution in [2.45, 2.75) is 11.3 Å². The largest absolute Gasteiger partial charge is 0.382 e. The number of ether oxygens (including phenoxy) is 2. The molecule has 8 nitrogen and oxygen atoms in total. The number of hydrogen-bond acceptors (Lipinski definition) is 7. The molecule has 0 amide bonds. The van der Waals surface area contributed by atoms with Crippen LogP contribution in [0.2, 0.25) is 0 Å². The van der Waals surface area contributed by atoms with Crippen LogP contribution in [-0.2, 0) is 19.5 Å². The molecule has 0 atom stereocenters. The van der Waals surface area contributed by atoms with E-state index in [-0.39, 0.29) is 17.4 Å². The number of anilines is 1. The lowest BCUT2D eigenvalue weighted by Crippen LogP contribution is -2.26. The summed E-state index contributed by atoms with van der Waals surface area (Å²) in [6.07, 6.45) is 2.90. The molecule has 0 spiro atoms. The summed E-state index contributed by atoms with van der Waals surface area (Å²) in [5, 5.41) is 0. The highest BCUT2D eigenvalue weighted by molar-refractivity contribution is 7.89. The molecular weight excluding hydrogens is 272 g/mol. The SMILES string of the molecule is COCCOCCCNS(=O)(=O)c1cnc(N)nc1. The quantitative estimate of drug-likeness (QED) is 0.583. The number of hydrogen-bond donors (Lipinski definition) is 2. The summed E-state index contributed by atoms with van der Waals surface area (Å²) in [5.74, 6) is 0.0329. The Labute approximate surface area is 112 Å². The molecule has 3 N–H and O–H groups in total. The lowest BCUT2D eigenvalue weighted by molar-refractivity contribution is 0.0699. The third-order valence-electron chi connectivity index (χ3n) is 2.15. The van der Waals surface area contributed by atoms with E-state index in [1.165, 1.54) is 12.4 Å². The van der Waals surface area contributed by atoms with Crippen molar-refractivity contribution < 1.29 is 17.9 Å². The molecular formula is C10H18N4O4S. The van der Waals surface area contributed by atoms with Gasteiger partial charge in [0.25, 0.3) is 0 Å². The first-order valence-corrected chi connectivity index (χ1v) is 7.18. The van der Waals surface area contributed by atoms with E-state index in [2.05, 4.69) is 14.7 Å². The zero-order chi connectivity index (χ0) is 14.1. The monoisotopic (exact) mass is 290 g/mol. The van der Waals surface area contributed by atoms with Crippen molar-refractivity contribution in [1.82, 2.24) is 14.7 Å². The van der Waals surface area contributed by atoms with Crippen molar-refractivity contribution >= 4 is 16.0 Å². The van der Waals surface area contributed by atoms with Gasteiger partial charge in [0.05, 0.1) is 25.6 Å². The molecule has 0 radical (unpaired) electrons. The number of nitrogen functional groups attached to an aromatic ring is 1. The van der Waals surface area contributed by atoms with Crippen LogP contribution in [0.3, 0.4) is 0 Å². The van der Waals surface area contributed by atoms with Crippen LogP contribution in [0, 0.1) is 0 Å². The number of nitrogens with zero attached hydrogens (tertiary/aromatic N) is 2. The van der Waals surface area contributed by atoms with Gasteiger partial charge in [-0.1, -0.05) is 0 Å². The number of sulfonamides is 1. The minimum Gasteiger partial charge on any atom is -0.382 e. The second kappa shape index (κ2) is 8.00. The molecule has 1 rings (SSSR count). The lowest BCUT2D eigenvalue weighted by atomic mass is 10.5. The average Bonchev–Trinajstić information content (AvgIpc) is 2.38. The second-order valence-electron chi connectivity index (χ2n) is 3.63. The summed E-state index contributed by atoms with van der Waals surface area (Å²) in [7, 11) is -2.00. The fourth-order valence-electron chi connectivity index (χ4n) is 1.17. The van der Waals surface area contributed by atoms with E-state index in [9.17, 15) is 8.42 Å². The van der Waals surface area contributed by atoms with E-state index < -0.39 is 10.0 Å². The molecule has 0 aliphatic carbocycles. The number of aromatic nitrogens is 2. The smallest absolute Gasteiger partial charge is 0.243 e. The Morgan fingerprint density at radius 3 is 2.58 bits per heavy atom. The molecule has 0 saturated heterocycles. The fourth-order valence-corrected chi connectivity index (χ4v) is 2.14. The van der Waals surface area contributed by atoms with E-state index in [0.29, 0.717) is 26.2 Å². The van der Waals surface area contributed by atoms with Crippen LogP contribution in [0.5, 0.6) is 0 Å². The molecule has 0 unspecified atom stereocenters. The summed E-state index contributed by atoms with van der Waals surface area (Å²) in [6, 6.07) is 0. The van der Waals surface area contributed by atoms with Crippen molar-refractivity contribution in [2.75, 3.05) is 39.2 Å². The van der Waals surface area contributed by atoms with Gasteiger partial charge in [-0.05, 0) is 6.42 Å². The summed E-state index contributed by atoms with van der Waals surface area (Å²) < 4.78 is 36.0. The first-order valence-electron chi connectivity index (χ1n) is 5.70. The number of methoxy groups -OCH3 is 1. The molecule has 1 aromatic rings. The van der Waals surface area contributed by atoms with Crippen LogP contribution < -0.4 is 10.5 Å². The van der Waals surface area contributed by atoms with Crippen LogP contribution in [0.15, 0.2) is 17.3 Å². The average molecular weight is 290 g/mol. The van der Waals surface area contributed by atoms with Gasteiger partial charge < -0.3 is 15.2 Å². The van der Waals surface area contributed by atoms with Crippen LogP contribution in [0.4, 0.5) is 5.95 Å². The van der Waals surface area contributed by atoms with Gasteiger partial charge in [0.1, 0.15) is 4.90 Å². The summed E-state index contributed by atoms with van der Waals surface area (Å²) in [5.41, 5.74) is 5.29. The predicted molar refractivity (Wildman–Crippen MR) is 68.9 cm³/mol. The van der Waals surface area contributed by atoms with Crippen molar-refractivity contribution in [3.8, 4) is 0 Å². The maximum atomic E-state index is 11.8. The molecule has 0 aliphatic heterocycles. The first-order chi connectivity index (χ1) is 9.06. The number of nitrogens with one attached hydrogen (secondary N) is 1. The molecule has 0 saturated carbocycles. The topological polar surface area (TPSA) is 116 Å². The van der Waals surface area contributed by atoms with Gasteiger partial charge in [0, 0.05) is 20.3 Å². The zero-order valence-electron chi connectivity index (χ0n) is 10.7. The van der Waals surface area contributed by atoms with Gasteiger partial charge in [-0.2, -0.15) is 0 Å². The van der Waals surface area contributed by atoms with E-state index in [4.69, 9.17) is 15.2 Å². The maximum Gasteiger partial charge on any atom is 0.243 e. The van der Waals surface area contributed by atoms with Gasteiger partial charge in [-0.15, -0.1) is 0 Å². The van der Waals surface area contributed by atoms with Crippen molar-refractivity contribution in [3.63, 3.8) is 0 Å². The van der Waals surface area contributed by atoms with Crippen molar-refractivity contribution in [2.24, 2.45) is 0 Å². The number of rotatable bonds is 9. The summed E-state index contributed by atoms with van der Waals surface area (Å²) in [6.45, 7) is 1.76. The Hall–Kier alpha value is -1.29. The highest BCUT2D eigenvalue weighted by atomic mass is 32.2. The highest BCUT2D eigenvalue weighted by Gasteiger charge is 2.13. The van der Waals surface area contributed by atoms with Crippen molar-refractivity contribution in [1.29, 1.82) is 0 Å². The van der Waals surface area contributed by atoms with E-state index in [0.717, 1.165) is 0 Å². The van der Waals surface area contributed by atoms with Gasteiger partial charge >= 0.3 is 0 Å². The summed E-state index contributed by atoms with van der Waals surface area (Å²) in [4.78, 5) is 7.25. The van der Waals surface area contributed by atoms with Gasteiger partial charge in [-0.3, -0.25) is 0 Å². The normalized spacial score (nSPS) is 11.6. The van der Waals surface area contributed by atoms with Crippen molar-refractivity contribution in [3.05, 3.63) is 12.4 Å². The highest BCUT2D eigenvalue weighted by Crippen LogP contribution is 2.05. The van der Waals surface area contributed by atoms with Crippen LogP contribution in [-0.4, -0.2) is 51.9 Å². The molecule has 0 bridgehead atoms. The van der Waals surface area contributed by atoms with E-state index >= 15 is 0 Å². The van der Waals surface area contributed by atoms with Gasteiger partial charge in [0.2, 0.25) is 16.0 Å². The van der Waals surface area contributed by atoms with Gasteiger partial charge in [0.15, 0.2) is 0 Å². The first kappa shape index (κ1) is 15.8. The molecule has 0 aliphatic rings. The molecule has 1 heterocycles. The second-order valence-corrected chi connectivity index (χ2v) is 5.40. The molecule has 19 heavy (non-hydrogen) atoms. The Balaban J connectivity index is 2.29.